The minimum Gasteiger partial charge on any atom is -0.292 e. The Morgan fingerprint density at radius 2 is 0.942 bits per heavy atom. The van der Waals surface area contributed by atoms with Crippen LogP contribution in [-0.2, 0) is 0 Å². The third-order valence-corrected chi connectivity index (χ3v) is 9.66. The first-order chi connectivity index (χ1) is 25.8. The molecule has 0 bridgehead atoms. The van der Waals surface area contributed by atoms with Crippen molar-refractivity contribution in [1.82, 2.24) is 29.1 Å². The van der Waals surface area contributed by atoms with Gasteiger partial charge in [0.1, 0.15) is 12.2 Å². The molecule has 6 nitrogen and oxygen atoms in total. The van der Waals surface area contributed by atoms with Gasteiger partial charge in [-0.1, -0.05) is 127 Å². The standard InChI is InChI=1S/C46H30N6/c1-5-15-31(16-6-1)34-25-35(32-17-7-2-8-18-32)27-36(26-34)44-47-30-48-46(50-44)52-41-24-14-13-23-38(41)39-28-43-40(29-42(39)52)49-45(33-19-9-3-10-20-33)51(43)37-21-11-4-12-22-37/h1-30H. The molecular formula is C46H30N6. The predicted molar refractivity (Wildman–Crippen MR) is 211 cm³/mol. The zero-order chi connectivity index (χ0) is 34.4. The SMILES string of the molecule is c1ccc(-c2cc(-c3ccccc3)cc(-c3ncnc(-n4c5ccccc5c5cc6c(cc54)nc(-c4ccccc4)n6-c4ccccc4)n3)c2)cc1. The second-order valence-corrected chi connectivity index (χ2v) is 12.8. The molecule has 0 aliphatic carbocycles. The van der Waals surface area contributed by atoms with Crippen LogP contribution in [0.2, 0.25) is 0 Å². The molecular weight excluding hydrogens is 637 g/mol. The molecule has 0 saturated heterocycles. The number of benzene rings is 7. The van der Waals surface area contributed by atoms with Crippen LogP contribution in [0.3, 0.4) is 0 Å². The maximum Gasteiger partial charge on any atom is 0.238 e. The fraction of sp³-hybridized carbons (Fsp3) is 0. The molecule has 0 unspecified atom stereocenters. The van der Waals surface area contributed by atoms with E-state index in [1.165, 1.54) is 0 Å². The van der Waals surface area contributed by atoms with Gasteiger partial charge in [0.05, 0.1) is 22.1 Å². The Morgan fingerprint density at radius 1 is 0.365 bits per heavy atom. The van der Waals surface area contributed by atoms with Gasteiger partial charge in [0.2, 0.25) is 5.95 Å². The third kappa shape index (κ3) is 5.05. The first kappa shape index (κ1) is 29.7. The van der Waals surface area contributed by atoms with Gasteiger partial charge in [0.25, 0.3) is 0 Å². The van der Waals surface area contributed by atoms with Crippen LogP contribution in [-0.4, -0.2) is 29.1 Å². The van der Waals surface area contributed by atoms with Crippen molar-refractivity contribution in [1.29, 1.82) is 0 Å². The maximum atomic E-state index is 5.25. The highest BCUT2D eigenvalue weighted by Gasteiger charge is 2.21. The molecule has 10 aromatic rings. The van der Waals surface area contributed by atoms with E-state index in [-0.39, 0.29) is 0 Å². The Balaban J connectivity index is 1.19. The molecule has 0 spiro atoms. The van der Waals surface area contributed by atoms with Crippen molar-refractivity contribution in [3.63, 3.8) is 0 Å². The van der Waals surface area contributed by atoms with E-state index in [1.807, 2.05) is 24.3 Å². The summed E-state index contributed by atoms with van der Waals surface area (Å²) in [6, 6.07) is 61.1. The number of aromatic nitrogens is 6. The van der Waals surface area contributed by atoms with E-state index in [0.29, 0.717) is 11.8 Å². The normalized spacial score (nSPS) is 11.5. The number of para-hydroxylation sites is 2. The van der Waals surface area contributed by atoms with E-state index < -0.39 is 0 Å². The topological polar surface area (TPSA) is 61.4 Å². The summed E-state index contributed by atoms with van der Waals surface area (Å²) >= 11 is 0. The smallest absolute Gasteiger partial charge is 0.238 e. The second-order valence-electron chi connectivity index (χ2n) is 12.8. The summed E-state index contributed by atoms with van der Waals surface area (Å²) in [5.41, 5.74) is 11.4. The fourth-order valence-corrected chi connectivity index (χ4v) is 7.26. The van der Waals surface area contributed by atoms with Crippen LogP contribution >= 0.6 is 0 Å². The number of fused-ring (bicyclic) bond motifs is 4. The highest BCUT2D eigenvalue weighted by atomic mass is 15.2. The first-order valence-electron chi connectivity index (χ1n) is 17.3. The van der Waals surface area contributed by atoms with Crippen molar-refractivity contribution >= 4 is 32.8 Å². The lowest BCUT2D eigenvalue weighted by Gasteiger charge is -2.11. The highest BCUT2D eigenvalue weighted by Crippen LogP contribution is 2.37. The van der Waals surface area contributed by atoms with Crippen molar-refractivity contribution in [2.45, 2.75) is 0 Å². The van der Waals surface area contributed by atoms with Crippen LogP contribution in [0.25, 0.3) is 89.5 Å². The van der Waals surface area contributed by atoms with Crippen LogP contribution in [0.15, 0.2) is 182 Å². The second kappa shape index (κ2) is 12.3. The van der Waals surface area contributed by atoms with Crippen molar-refractivity contribution < 1.29 is 0 Å². The lowest BCUT2D eigenvalue weighted by molar-refractivity contribution is 0.947. The molecule has 0 saturated carbocycles. The van der Waals surface area contributed by atoms with Gasteiger partial charge in [-0.25, -0.2) is 15.0 Å². The minimum atomic E-state index is 0.549. The fourth-order valence-electron chi connectivity index (χ4n) is 7.26. The quantitative estimate of drug-likeness (QED) is 0.177. The third-order valence-electron chi connectivity index (χ3n) is 9.66. The molecule has 0 aliphatic heterocycles. The van der Waals surface area contributed by atoms with E-state index in [2.05, 4.69) is 161 Å². The first-order valence-corrected chi connectivity index (χ1v) is 17.3. The minimum absolute atomic E-state index is 0.549. The summed E-state index contributed by atoms with van der Waals surface area (Å²) in [7, 11) is 0. The van der Waals surface area contributed by atoms with Crippen LogP contribution in [0.1, 0.15) is 0 Å². The van der Waals surface area contributed by atoms with Crippen LogP contribution in [0, 0.1) is 0 Å². The number of imidazole rings is 1. The Kier molecular flexibility index (Phi) is 7.03. The maximum absolute atomic E-state index is 5.25. The molecule has 0 aliphatic rings. The monoisotopic (exact) mass is 666 g/mol. The van der Waals surface area contributed by atoms with Crippen molar-refractivity contribution in [3.8, 4) is 56.7 Å². The van der Waals surface area contributed by atoms with E-state index in [0.717, 1.165) is 77.7 Å². The summed E-state index contributed by atoms with van der Waals surface area (Å²) in [4.78, 5) is 19.9. The van der Waals surface area contributed by atoms with Crippen LogP contribution < -0.4 is 0 Å². The molecule has 244 valence electrons. The van der Waals surface area contributed by atoms with Crippen molar-refractivity contribution in [3.05, 3.63) is 182 Å². The molecule has 3 heterocycles. The number of hydrogen-bond acceptors (Lipinski definition) is 4. The Hall–Kier alpha value is -7.18. The molecule has 7 aromatic carbocycles. The Bertz CT molecular complexity index is 2820. The van der Waals surface area contributed by atoms with E-state index in [9.17, 15) is 0 Å². The lowest BCUT2D eigenvalue weighted by Crippen LogP contribution is -2.03. The molecule has 0 atom stereocenters. The predicted octanol–water partition coefficient (Wildman–Crippen LogP) is 11.0. The number of nitrogens with zero attached hydrogens (tertiary/aromatic N) is 6. The lowest BCUT2D eigenvalue weighted by atomic mass is 9.96. The zero-order valence-corrected chi connectivity index (χ0v) is 28.0. The molecule has 0 amide bonds. The van der Waals surface area contributed by atoms with E-state index >= 15 is 0 Å². The Labute approximate surface area is 300 Å². The zero-order valence-electron chi connectivity index (χ0n) is 28.0. The van der Waals surface area contributed by atoms with Gasteiger partial charge in [0, 0.05) is 27.6 Å². The molecule has 0 N–H and O–H groups in total. The van der Waals surface area contributed by atoms with Gasteiger partial charge < -0.3 is 0 Å². The summed E-state index contributed by atoms with van der Waals surface area (Å²) in [5, 5.41) is 2.21. The average Bonchev–Trinajstić information content (AvgIpc) is 3.76. The van der Waals surface area contributed by atoms with Gasteiger partial charge in [-0.2, -0.15) is 4.98 Å². The number of rotatable bonds is 6. The van der Waals surface area contributed by atoms with Crippen LogP contribution in [0.4, 0.5) is 0 Å². The average molecular weight is 667 g/mol. The summed E-state index contributed by atoms with van der Waals surface area (Å²) in [6.45, 7) is 0. The summed E-state index contributed by atoms with van der Waals surface area (Å²) in [5.74, 6) is 2.04. The Morgan fingerprint density at radius 3 is 1.62 bits per heavy atom. The highest BCUT2D eigenvalue weighted by molar-refractivity contribution is 6.13. The van der Waals surface area contributed by atoms with Gasteiger partial charge >= 0.3 is 0 Å². The van der Waals surface area contributed by atoms with Gasteiger partial charge in [-0.15, -0.1) is 0 Å². The van der Waals surface area contributed by atoms with E-state index in [4.69, 9.17) is 19.9 Å². The number of hydrogen-bond donors (Lipinski definition) is 0. The van der Waals surface area contributed by atoms with Gasteiger partial charge in [-0.3, -0.25) is 9.13 Å². The van der Waals surface area contributed by atoms with Crippen molar-refractivity contribution in [2.75, 3.05) is 0 Å². The van der Waals surface area contributed by atoms with E-state index in [1.54, 1.807) is 6.33 Å². The van der Waals surface area contributed by atoms with Gasteiger partial charge in [0.15, 0.2) is 5.82 Å². The summed E-state index contributed by atoms with van der Waals surface area (Å²) < 4.78 is 4.39. The molecule has 52 heavy (non-hydrogen) atoms. The molecule has 10 rings (SSSR count). The van der Waals surface area contributed by atoms with Crippen LogP contribution in [0.5, 0.6) is 0 Å². The van der Waals surface area contributed by atoms with Crippen molar-refractivity contribution in [2.24, 2.45) is 0 Å². The molecule has 0 fully saturated rings. The molecule has 0 radical (unpaired) electrons. The van der Waals surface area contributed by atoms with Gasteiger partial charge in [-0.05, 0) is 70.8 Å². The molecule has 6 heteroatoms. The largest absolute Gasteiger partial charge is 0.292 e. The molecule has 3 aromatic heterocycles. The summed E-state index contributed by atoms with van der Waals surface area (Å²) in [6.07, 6.45) is 1.62.